The monoisotopic (exact) mass is 239 g/mol. The van der Waals surface area contributed by atoms with E-state index < -0.39 is 0 Å². The normalized spacial score (nSPS) is 22.7. The zero-order valence-electron chi connectivity index (χ0n) is 8.96. The molecule has 1 unspecified atom stereocenters. The maximum atomic E-state index is 6.06. The quantitative estimate of drug-likeness (QED) is 0.860. The van der Waals surface area contributed by atoms with Crippen LogP contribution < -0.4 is 14.8 Å². The molecule has 1 aromatic rings. The maximum Gasteiger partial charge on any atom is 0.231 e. The van der Waals surface area contributed by atoms with Crippen LogP contribution in [0.4, 0.5) is 0 Å². The van der Waals surface area contributed by atoms with Gasteiger partial charge in [0.1, 0.15) is 0 Å². The highest BCUT2D eigenvalue weighted by Crippen LogP contribution is 2.39. The van der Waals surface area contributed by atoms with Crippen LogP contribution in [0, 0.1) is 0 Å². The van der Waals surface area contributed by atoms with E-state index in [2.05, 4.69) is 5.32 Å². The van der Waals surface area contributed by atoms with E-state index in [1.807, 2.05) is 12.1 Å². The fourth-order valence-electron chi connectivity index (χ4n) is 2.39. The first-order valence-corrected chi connectivity index (χ1v) is 6.02. The van der Waals surface area contributed by atoms with E-state index in [0.29, 0.717) is 12.8 Å². The first-order valence-electron chi connectivity index (χ1n) is 5.64. The minimum Gasteiger partial charge on any atom is -0.454 e. The Kier molecular flexibility index (Phi) is 2.65. The molecule has 16 heavy (non-hydrogen) atoms. The molecule has 2 aliphatic heterocycles. The van der Waals surface area contributed by atoms with Gasteiger partial charge in [-0.25, -0.2) is 0 Å². The van der Waals surface area contributed by atoms with Crippen LogP contribution in [0.5, 0.6) is 11.5 Å². The molecular weight excluding hydrogens is 226 g/mol. The smallest absolute Gasteiger partial charge is 0.231 e. The Morgan fingerprint density at radius 3 is 3.12 bits per heavy atom. The molecular formula is C12H14ClNO2. The van der Waals surface area contributed by atoms with Crippen molar-refractivity contribution in [3.8, 4) is 11.5 Å². The number of fused-ring (bicyclic) bond motifs is 1. The summed E-state index contributed by atoms with van der Waals surface area (Å²) < 4.78 is 10.8. The number of nitrogens with one attached hydrogen (secondary N) is 1. The Morgan fingerprint density at radius 1 is 1.38 bits per heavy atom. The minimum atomic E-state index is 0.306. The highest BCUT2D eigenvalue weighted by Gasteiger charge is 2.22. The van der Waals surface area contributed by atoms with Gasteiger partial charge in [0.15, 0.2) is 11.5 Å². The predicted molar refractivity (Wildman–Crippen MR) is 62.3 cm³/mol. The second-order valence-electron chi connectivity index (χ2n) is 4.30. The van der Waals surface area contributed by atoms with Gasteiger partial charge in [-0.3, -0.25) is 0 Å². The zero-order valence-corrected chi connectivity index (χ0v) is 9.72. The standard InChI is InChI=1S/C12H14ClNO2/c13-9-4-8(5-10-2-1-3-14-10)12-11(6-9)15-7-16-12/h4,6,10,14H,1-3,5,7H2. The lowest BCUT2D eigenvalue weighted by Gasteiger charge is -2.12. The van der Waals surface area contributed by atoms with E-state index in [4.69, 9.17) is 21.1 Å². The molecule has 3 nitrogen and oxygen atoms in total. The van der Waals surface area contributed by atoms with Crippen molar-refractivity contribution in [3.63, 3.8) is 0 Å². The molecule has 0 aliphatic carbocycles. The summed E-state index contributed by atoms with van der Waals surface area (Å²) in [4.78, 5) is 0. The molecule has 1 atom stereocenters. The molecule has 0 bridgehead atoms. The van der Waals surface area contributed by atoms with Crippen LogP contribution in [-0.2, 0) is 6.42 Å². The molecule has 1 aromatic carbocycles. The summed E-state index contributed by atoms with van der Waals surface area (Å²) in [5, 5.41) is 4.20. The van der Waals surface area contributed by atoms with E-state index in [9.17, 15) is 0 Å². The van der Waals surface area contributed by atoms with Crippen LogP contribution in [0.1, 0.15) is 18.4 Å². The third-order valence-corrected chi connectivity index (χ3v) is 3.36. The number of halogens is 1. The summed E-state index contributed by atoms with van der Waals surface area (Å²) >= 11 is 6.06. The number of rotatable bonds is 2. The Labute approximate surface area is 99.7 Å². The van der Waals surface area contributed by atoms with Crippen LogP contribution in [0.2, 0.25) is 5.02 Å². The van der Waals surface area contributed by atoms with Crippen LogP contribution >= 0.6 is 11.6 Å². The van der Waals surface area contributed by atoms with E-state index in [1.165, 1.54) is 12.8 Å². The molecule has 1 saturated heterocycles. The fraction of sp³-hybridized carbons (Fsp3) is 0.500. The van der Waals surface area contributed by atoms with Crippen molar-refractivity contribution < 1.29 is 9.47 Å². The Bertz CT molecular complexity index is 402. The topological polar surface area (TPSA) is 30.5 Å². The average molecular weight is 240 g/mol. The molecule has 2 heterocycles. The summed E-state index contributed by atoms with van der Waals surface area (Å²) in [5.74, 6) is 1.65. The van der Waals surface area contributed by atoms with Gasteiger partial charge in [-0.2, -0.15) is 0 Å². The maximum absolute atomic E-state index is 6.06. The van der Waals surface area contributed by atoms with E-state index in [0.717, 1.165) is 35.1 Å². The van der Waals surface area contributed by atoms with Crippen molar-refractivity contribution in [2.24, 2.45) is 0 Å². The highest BCUT2D eigenvalue weighted by atomic mass is 35.5. The molecule has 0 saturated carbocycles. The van der Waals surface area contributed by atoms with Crippen LogP contribution in [0.15, 0.2) is 12.1 Å². The molecule has 3 rings (SSSR count). The molecule has 0 aromatic heterocycles. The average Bonchev–Trinajstić information content (AvgIpc) is 2.87. The Balaban J connectivity index is 1.87. The van der Waals surface area contributed by atoms with Gasteiger partial charge in [0.2, 0.25) is 6.79 Å². The summed E-state index contributed by atoms with van der Waals surface area (Å²) in [6.45, 7) is 1.42. The number of hydrogen-bond donors (Lipinski definition) is 1. The molecule has 0 spiro atoms. The van der Waals surface area contributed by atoms with Crippen molar-refractivity contribution in [1.82, 2.24) is 5.32 Å². The van der Waals surface area contributed by atoms with Crippen LogP contribution in [-0.4, -0.2) is 19.4 Å². The lowest BCUT2D eigenvalue weighted by atomic mass is 10.0. The van der Waals surface area contributed by atoms with Gasteiger partial charge in [0, 0.05) is 22.7 Å². The first-order chi connectivity index (χ1) is 7.83. The number of ether oxygens (including phenoxy) is 2. The van der Waals surface area contributed by atoms with E-state index in [-0.39, 0.29) is 0 Å². The number of benzene rings is 1. The lowest BCUT2D eigenvalue weighted by molar-refractivity contribution is 0.173. The molecule has 0 radical (unpaired) electrons. The van der Waals surface area contributed by atoms with Crippen molar-refractivity contribution in [2.75, 3.05) is 13.3 Å². The predicted octanol–water partition coefficient (Wildman–Crippen LogP) is 2.36. The second-order valence-corrected chi connectivity index (χ2v) is 4.73. The van der Waals surface area contributed by atoms with Gasteiger partial charge in [-0.05, 0) is 31.9 Å². The van der Waals surface area contributed by atoms with Crippen molar-refractivity contribution in [1.29, 1.82) is 0 Å². The second kappa shape index (κ2) is 4.15. The molecule has 2 aliphatic rings. The summed E-state index contributed by atoms with van der Waals surface area (Å²) in [5.41, 5.74) is 1.15. The van der Waals surface area contributed by atoms with Crippen LogP contribution in [0.3, 0.4) is 0 Å². The van der Waals surface area contributed by atoms with Gasteiger partial charge in [-0.1, -0.05) is 11.6 Å². The molecule has 4 heteroatoms. The molecule has 0 amide bonds. The Morgan fingerprint density at radius 2 is 2.31 bits per heavy atom. The summed E-state index contributed by atoms with van der Waals surface area (Å²) in [7, 11) is 0. The largest absolute Gasteiger partial charge is 0.454 e. The molecule has 1 fully saturated rings. The molecule has 86 valence electrons. The highest BCUT2D eigenvalue weighted by molar-refractivity contribution is 6.30. The van der Waals surface area contributed by atoms with E-state index in [1.54, 1.807) is 0 Å². The minimum absolute atomic E-state index is 0.306. The van der Waals surface area contributed by atoms with Gasteiger partial charge in [0.05, 0.1) is 0 Å². The third kappa shape index (κ3) is 1.85. The van der Waals surface area contributed by atoms with Gasteiger partial charge < -0.3 is 14.8 Å². The first kappa shape index (κ1) is 10.2. The third-order valence-electron chi connectivity index (χ3n) is 3.14. The van der Waals surface area contributed by atoms with Crippen molar-refractivity contribution >= 4 is 11.6 Å². The zero-order chi connectivity index (χ0) is 11.0. The van der Waals surface area contributed by atoms with Gasteiger partial charge in [-0.15, -0.1) is 0 Å². The van der Waals surface area contributed by atoms with Gasteiger partial charge in [0.25, 0.3) is 0 Å². The Hall–Kier alpha value is -0.930. The van der Waals surface area contributed by atoms with E-state index >= 15 is 0 Å². The summed E-state index contributed by atoms with van der Waals surface area (Å²) in [6, 6.07) is 4.34. The van der Waals surface area contributed by atoms with Crippen LogP contribution in [0.25, 0.3) is 0 Å². The SMILES string of the molecule is Clc1cc(CC2CCCN2)c2c(c1)OCO2. The van der Waals surface area contributed by atoms with Gasteiger partial charge >= 0.3 is 0 Å². The number of hydrogen-bond acceptors (Lipinski definition) is 3. The van der Waals surface area contributed by atoms with Crippen molar-refractivity contribution in [2.45, 2.75) is 25.3 Å². The fourth-order valence-corrected chi connectivity index (χ4v) is 2.62. The van der Waals surface area contributed by atoms with Crippen molar-refractivity contribution in [3.05, 3.63) is 22.7 Å². The lowest BCUT2D eigenvalue weighted by Crippen LogP contribution is -2.23. The molecule has 1 N–H and O–H groups in total. The summed E-state index contributed by atoms with van der Waals surface area (Å²) in [6.07, 6.45) is 3.44.